The maximum atomic E-state index is 11.8. The summed E-state index contributed by atoms with van der Waals surface area (Å²) >= 11 is 0. The van der Waals surface area contributed by atoms with Crippen LogP contribution in [-0.2, 0) is 4.79 Å². The summed E-state index contributed by atoms with van der Waals surface area (Å²) in [6.45, 7) is 2.66. The molecular weight excluding hydrogens is 236 g/mol. The van der Waals surface area contributed by atoms with Crippen molar-refractivity contribution in [3.63, 3.8) is 0 Å². The molecule has 4 bridgehead atoms. The Labute approximate surface area is 115 Å². The zero-order valence-corrected chi connectivity index (χ0v) is 11.8. The molecule has 4 rings (SSSR count). The average molecular weight is 260 g/mol. The highest BCUT2D eigenvalue weighted by Crippen LogP contribution is 2.56. The van der Waals surface area contributed by atoms with Gasteiger partial charge in [0, 0.05) is 13.0 Å². The molecule has 104 valence electrons. The third-order valence-corrected chi connectivity index (χ3v) is 5.67. The highest BCUT2D eigenvalue weighted by atomic mass is 16.1. The smallest absolute Gasteiger partial charge is 0.221 e. The number of nitrogens with zero attached hydrogens (tertiary/aromatic N) is 1. The van der Waals surface area contributed by atoms with Gasteiger partial charge in [-0.25, -0.2) is 0 Å². The summed E-state index contributed by atoms with van der Waals surface area (Å²) in [5, 5.41) is 11.8. The molecule has 0 aliphatic heterocycles. The fourth-order valence-corrected chi connectivity index (χ4v) is 5.00. The van der Waals surface area contributed by atoms with Crippen LogP contribution in [-0.4, -0.2) is 12.5 Å². The Kier molecular flexibility index (Phi) is 3.52. The van der Waals surface area contributed by atoms with Crippen molar-refractivity contribution >= 4 is 5.91 Å². The van der Waals surface area contributed by atoms with E-state index in [0.717, 1.165) is 30.2 Å². The average Bonchev–Trinajstić information content (AvgIpc) is 2.36. The zero-order chi connectivity index (χ0) is 13.4. The van der Waals surface area contributed by atoms with Gasteiger partial charge < -0.3 is 5.32 Å². The monoisotopic (exact) mass is 260 g/mol. The number of carbonyl (C=O) groups is 1. The zero-order valence-electron chi connectivity index (χ0n) is 11.8. The fourth-order valence-electron chi connectivity index (χ4n) is 5.00. The van der Waals surface area contributed by atoms with E-state index in [-0.39, 0.29) is 11.8 Å². The summed E-state index contributed by atoms with van der Waals surface area (Å²) in [6.07, 6.45) is 7.45. The second-order valence-electron chi connectivity index (χ2n) is 7.13. The molecular formula is C16H24N2O. The third-order valence-electron chi connectivity index (χ3n) is 5.67. The van der Waals surface area contributed by atoms with Crippen LogP contribution in [0.25, 0.3) is 0 Å². The van der Waals surface area contributed by atoms with Gasteiger partial charge in [-0.3, -0.25) is 4.79 Å². The van der Waals surface area contributed by atoms with Crippen LogP contribution in [0.4, 0.5) is 0 Å². The van der Waals surface area contributed by atoms with Crippen molar-refractivity contribution in [3.8, 4) is 6.07 Å². The topological polar surface area (TPSA) is 52.9 Å². The second kappa shape index (κ2) is 5.15. The van der Waals surface area contributed by atoms with E-state index in [1.54, 1.807) is 0 Å². The number of carbonyl (C=O) groups excluding carboxylic acids is 1. The van der Waals surface area contributed by atoms with Crippen molar-refractivity contribution in [2.24, 2.45) is 35.5 Å². The third kappa shape index (κ3) is 2.63. The maximum Gasteiger partial charge on any atom is 0.221 e. The van der Waals surface area contributed by atoms with Crippen LogP contribution >= 0.6 is 0 Å². The minimum Gasteiger partial charge on any atom is -0.356 e. The molecule has 4 fully saturated rings. The van der Waals surface area contributed by atoms with Crippen LogP contribution in [0.15, 0.2) is 0 Å². The van der Waals surface area contributed by atoms with Crippen molar-refractivity contribution in [1.82, 2.24) is 5.32 Å². The SMILES string of the molecule is CC(C#N)CC(=O)NCC1C2CC3CC(C2)CC1C3. The first-order valence-electron chi connectivity index (χ1n) is 7.82. The molecule has 0 aromatic carbocycles. The Balaban J connectivity index is 1.51. The van der Waals surface area contributed by atoms with E-state index in [4.69, 9.17) is 5.26 Å². The van der Waals surface area contributed by atoms with Gasteiger partial charge in [-0.2, -0.15) is 5.26 Å². The lowest BCUT2D eigenvalue weighted by atomic mass is 9.52. The number of amides is 1. The van der Waals surface area contributed by atoms with E-state index >= 15 is 0 Å². The molecule has 0 aromatic rings. The van der Waals surface area contributed by atoms with Crippen LogP contribution in [0, 0.1) is 46.8 Å². The summed E-state index contributed by atoms with van der Waals surface area (Å²) in [7, 11) is 0. The molecule has 0 aromatic heterocycles. The molecule has 1 atom stereocenters. The number of hydrogen-bond donors (Lipinski definition) is 1. The highest BCUT2D eigenvalue weighted by molar-refractivity contribution is 5.76. The molecule has 0 saturated heterocycles. The summed E-state index contributed by atoms with van der Waals surface area (Å²) in [6, 6.07) is 2.12. The van der Waals surface area contributed by atoms with Gasteiger partial charge in [0.15, 0.2) is 0 Å². The lowest BCUT2D eigenvalue weighted by molar-refractivity contribution is -0.122. The van der Waals surface area contributed by atoms with Crippen LogP contribution in [0.1, 0.15) is 45.4 Å². The van der Waals surface area contributed by atoms with E-state index in [0.29, 0.717) is 12.3 Å². The van der Waals surface area contributed by atoms with Gasteiger partial charge in [0.05, 0.1) is 12.0 Å². The first-order chi connectivity index (χ1) is 9.15. The van der Waals surface area contributed by atoms with Crippen molar-refractivity contribution in [2.45, 2.75) is 45.4 Å². The van der Waals surface area contributed by atoms with Crippen LogP contribution in [0.3, 0.4) is 0 Å². The van der Waals surface area contributed by atoms with E-state index in [1.807, 2.05) is 6.92 Å². The van der Waals surface area contributed by atoms with Gasteiger partial charge in [-0.15, -0.1) is 0 Å². The molecule has 3 heteroatoms. The predicted molar refractivity (Wildman–Crippen MR) is 72.9 cm³/mol. The fraction of sp³-hybridized carbons (Fsp3) is 0.875. The lowest BCUT2D eigenvalue weighted by Gasteiger charge is -2.54. The normalized spacial score (nSPS) is 40.7. The van der Waals surface area contributed by atoms with E-state index < -0.39 is 0 Å². The van der Waals surface area contributed by atoms with E-state index in [1.165, 1.54) is 32.1 Å². The number of nitriles is 1. The van der Waals surface area contributed by atoms with E-state index in [9.17, 15) is 4.79 Å². The van der Waals surface area contributed by atoms with Gasteiger partial charge in [-0.05, 0) is 68.6 Å². The van der Waals surface area contributed by atoms with Gasteiger partial charge >= 0.3 is 0 Å². The van der Waals surface area contributed by atoms with Crippen molar-refractivity contribution in [2.75, 3.05) is 6.54 Å². The molecule has 4 saturated carbocycles. The minimum absolute atomic E-state index is 0.0582. The Bertz CT molecular complexity index is 370. The minimum atomic E-state index is -0.168. The first kappa shape index (κ1) is 13.0. The molecule has 1 N–H and O–H groups in total. The van der Waals surface area contributed by atoms with Crippen LogP contribution in [0.5, 0.6) is 0 Å². The van der Waals surface area contributed by atoms with Crippen molar-refractivity contribution < 1.29 is 4.79 Å². The van der Waals surface area contributed by atoms with Gasteiger partial charge in [0.25, 0.3) is 0 Å². The summed E-state index contributed by atoms with van der Waals surface area (Å²) in [5.74, 6) is 4.33. The molecule has 19 heavy (non-hydrogen) atoms. The summed E-state index contributed by atoms with van der Waals surface area (Å²) in [5.41, 5.74) is 0. The number of hydrogen-bond acceptors (Lipinski definition) is 2. The molecule has 4 aliphatic rings. The van der Waals surface area contributed by atoms with Crippen molar-refractivity contribution in [1.29, 1.82) is 5.26 Å². The summed E-state index contributed by atoms with van der Waals surface area (Å²) < 4.78 is 0. The van der Waals surface area contributed by atoms with Crippen molar-refractivity contribution in [3.05, 3.63) is 0 Å². The number of rotatable bonds is 4. The standard InChI is InChI=1S/C16H24N2O/c1-10(8-17)2-16(19)18-9-15-13-4-11-3-12(6-13)7-14(15)5-11/h10-15H,2-7,9H2,1H3,(H,18,19). The van der Waals surface area contributed by atoms with Gasteiger partial charge in [0.2, 0.25) is 5.91 Å². The Hall–Kier alpha value is -1.04. The van der Waals surface area contributed by atoms with E-state index in [2.05, 4.69) is 11.4 Å². The molecule has 4 aliphatic carbocycles. The Morgan fingerprint density at radius 1 is 1.21 bits per heavy atom. The Morgan fingerprint density at radius 3 is 2.32 bits per heavy atom. The molecule has 0 heterocycles. The lowest BCUT2D eigenvalue weighted by Crippen LogP contribution is -2.49. The highest BCUT2D eigenvalue weighted by Gasteiger charge is 2.47. The molecule has 0 spiro atoms. The number of nitrogens with one attached hydrogen (secondary N) is 1. The van der Waals surface area contributed by atoms with Gasteiger partial charge in [0.1, 0.15) is 0 Å². The van der Waals surface area contributed by atoms with Crippen LogP contribution in [0.2, 0.25) is 0 Å². The molecule has 1 amide bonds. The van der Waals surface area contributed by atoms with Crippen LogP contribution < -0.4 is 5.32 Å². The quantitative estimate of drug-likeness (QED) is 0.845. The second-order valence-corrected chi connectivity index (χ2v) is 7.13. The molecule has 0 radical (unpaired) electrons. The van der Waals surface area contributed by atoms with Gasteiger partial charge in [-0.1, -0.05) is 0 Å². The Morgan fingerprint density at radius 2 is 1.79 bits per heavy atom. The predicted octanol–water partition coefficient (Wildman–Crippen LogP) is 2.72. The molecule has 3 nitrogen and oxygen atoms in total. The summed E-state index contributed by atoms with van der Waals surface area (Å²) in [4.78, 5) is 11.8. The largest absolute Gasteiger partial charge is 0.356 e. The molecule has 1 unspecified atom stereocenters. The first-order valence-corrected chi connectivity index (χ1v) is 7.82. The maximum absolute atomic E-state index is 11.8.